The van der Waals surface area contributed by atoms with E-state index in [1.54, 1.807) is 24.3 Å². The Morgan fingerprint density at radius 3 is 2.63 bits per heavy atom. The number of amides is 2. The third-order valence-electron chi connectivity index (χ3n) is 7.33. The van der Waals surface area contributed by atoms with Crippen LogP contribution in [0.3, 0.4) is 0 Å². The highest BCUT2D eigenvalue weighted by Crippen LogP contribution is 2.50. The maximum atomic E-state index is 13.5. The van der Waals surface area contributed by atoms with Crippen molar-refractivity contribution >= 4 is 11.8 Å². The molecule has 2 aliphatic rings. The number of halogens is 1. The number of nitrogens with zero attached hydrogens (tertiary/aromatic N) is 2. The van der Waals surface area contributed by atoms with Gasteiger partial charge >= 0.3 is 0 Å². The van der Waals surface area contributed by atoms with E-state index in [0.29, 0.717) is 30.1 Å². The number of likely N-dealkylation sites (tertiary alicyclic amines) is 1. The molecule has 6 nitrogen and oxygen atoms in total. The van der Waals surface area contributed by atoms with Crippen LogP contribution in [0.25, 0.3) is 0 Å². The van der Waals surface area contributed by atoms with Gasteiger partial charge in [0.05, 0.1) is 25.1 Å². The number of ether oxygens (including phenoxy) is 1. The summed E-state index contributed by atoms with van der Waals surface area (Å²) in [6.45, 7) is 1.29. The number of aromatic nitrogens is 1. The molecule has 1 unspecified atom stereocenters. The lowest BCUT2D eigenvalue weighted by Crippen LogP contribution is -2.45. The van der Waals surface area contributed by atoms with Crippen molar-refractivity contribution in [3.63, 3.8) is 0 Å². The van der Waals surface area contributed by atoms with Crippen molar-refractivity contribution in [3.05, 3.63) is 94.9 Å². The Hall–Kier alpha value is -3.74. The molecule has 1 aliphatic heterocycles. The monoisotopic (exact) mass is 473 g/mol. The Morgan fingerprint density at radius 2 is 1.91 bits per heavy atom. The number of carbonyl (C=O) groups excluding carboxylic acids is 2. The fraction of sp³-hybridized carbons (Fsp3) is 0.321. The number of hydrogen-bond acceptors (Lipinski definition) is 4. The zero-order chi connectivity index (χ0) is 24.4. The molecule has 1 aliphatic carbocycles. The van der Waals surface area contributed by atoms with Crippen LogP contribution in [0, 0.1) is 5.82 Å². The number of hydrogen-bond donors (Lipinski definition) is 1. The normalized spacial score (nSPS) is 18.2. The predicted molar refractivity (Wildman–Crippen MR) is 130 cm³/mol. The van der Waals surface area contributed by atoms with Gasteiger partial charge in [0.1, 0.15) is 5.82 Å². The van der Waals surface area contributed by atoms with E-state index in [0.717, 1.165) is 24.8 Å². The van der Waals surface area contributed by atoms with E-state index in [4.69, 9.17) is 4.74 Å². The Kier molecular flexibility index (Phi) is 6.24. The number of piperidine rings is 1. The van der Waals surface area contributed by atoms with E-state index in [1.807, 2.05) is 17.0 Å². The standard InChI is InChI=1S/C28H28FN3O3/c1-35-25-10-9-20(18-30-25)27(34)31-24-17-28(23-8-3-2-7-22(23)24)11-13-32(14-12-28)26(33)16-19-5-4-6-21(29)15-19/h2-10,15,18,24H,11-14,16-17H2,1H3,(H,31,34). The van der Waals surface area contributed by atoms with E-state index in [1.165, 1.54) is 31.0 Å². The van der Waals surface area contributed by atoms with E-state index < -0.39 is 0 Å². The van der Waals surface area contributed by atoms with Gasteiger partial charge in [0.15, 0.2) is 0 Å². The summed E-state index contributed by atoms with van der Waals surface area (Å²) in [5.41, 5.74) is 3.50. The summed E-state index contributed by atoms with van der Waals surface area (Å²) in [5.74, 6) is -0.00676. The third-order valence-corrected chi connectivity index (χ3v) is 7.33. The van der Waals surface area contributed by atoms with Gasteiger partial charge in [-0.2, -0.15) is 0 Å². The summed E-state index contributed by atoms with van der Waals surface area (Å²) in [6.07, 6.45) is 4.18. The van der Waals surface area contributed by atoms with Crippen LogP contribution in [0.2, 0.25) is 0 Å². The zero-order valence-corrected chi connectivity index (χ0v) is 19.7. The Bertz CT molecular complexity index is 1240. The van der Waals surface area contributed by atoms with E-state index in [9.17, 15) is 14.0 Å². The fourth-order valence-electron chi connectivity index (χ4n) is 5.49. The maximum Gasteiger partial charge on any atom is 0.253 e. The summed E-state index contributed by atoms with van der Waals surface area (Å²) >= 11 is 0. The molecule has 180 valence electrons. The molecule has 1 fully saturated rings. The van der Waals surface area contributed by atoms with Crippen molar-refractivity contribution in [1.82, 2.24) is 15.2 Å². The molecule has 0 saturated carbocycles. The van der Waals surface area contributed by atoms with Crippen molar-refractivity contribution in [2.75, 3.05) is 20.2 Å². The van der Waals surface area contributed by atoms with E-state index in [-0.39, 0.29) is 35.5 Å². The van der Waals surface area contributed by atoms with E-state index in [2.05, 4.69) is 22.4 Å². The van der Waals surface area contributed by atoms with Crippen LogP contribution in [0.4, 0.5) is 4.39 Å². The Labute approximate surface area is 204 Å². The topological polar surface area (TPSA) is 71.5 Å². The van der Waals surface area contributed by atoms with Gasteiger partial charge in [-0.1, -0.05) is 36.4 Å². The third kappa shape index (κ3) is 4.63. The summed E-state index contributed by atoms with van der Waals surface area (Å²) in [7, 11) is 1.54. The summed E-state index contributed by atoms with van der Waals surface area (Å²) in [5, 5.41) is 3.20. The molecule has 1 aromatic heterocycles. The number of carbonyl (C=O) groups is 2. The van der Waals surface area contributed by atoms with Crippen molar-refractivity contribution in [1.29, 1.82) is 0 Å². The van der Waals surface area contributed by atoms with Crippen LogP contribution in [0.1, 0.15) is 52.4 Å². The van der Waals surface area contributed by atoms with Crippen LogP contribution >= 0.6 is 0 Å². The lowest BCUT2D eigenvalue weighted by atomic mass is 9.73. The molecule has 35 heavy (non-hydrogen) atoms. The Morgan fingerprint density at radius 1 is 1.11 bits per heavy atom. The molecule has 1 saturated heterocycles. The largest absolute Gasteiger partial charge is 0.481 e. The van der Waals surface area contributed by atoms with Crippen molar-refractivity contribution in [2.24, 2.45) is 0 Å². The molecule has 2 aromatic carbocycles. The van der Waals surface area contributed by atoms with Gasteiger partial charge in [0, 0.05) is 30.8 Å². The first kappa shape index (κ1) is 23.0. The fourth-order valence-corrected chi connectivity index (χ4v) is 5.49. The number of rotatable bonds is 5. The first-order chi connectivity index (χ1) is 17.0. The molecule has 2 amide bonds. The molecular weight excluding hydrogens is 445 g/mol. The molecule has 3 aromatic rings. The number of benzene rings is 2. The van der Waals surface area contributed by atoms with Gasteiger partial charge in [0.25, 0.3) is 5.91 Å². The van der Waals surface area contributed by atoms with Gasteiger partial charge in [-0.15, -0.1) is 0 Å². The minimum atomic E-state index is -0.325. The lowest BCUT2D eigenvalue weighted by molar-refractivity contribution is -0.132. The first-order valence-corrected chi connectivity index (χ1v) is 11.9. The number of nitrogens with one attached hydrogen (secondary N) is 1. The molecule has 0 radical (unpaired) electrons. The zero-order valence-electron chi connectivity index (χ0n) is 19.7. The second-order valence-corrected chi connectivity index (χ2v) is 9.37. The highest BCUT2D eigenvalue weighted by molar-refractivity contribution is 5.94. The minimum absolute atomic E-state index is 0.0218. The average molecular weight is 474 g/mol. The van der Waals surface area contributed by atoms with Crippen LogP contribution in [0.15, 0.2) is 66.9 Å². The maximum absolute atomic E-state index is 13.5. The molecule has 2 heterocycles. The second-order valence-electron chi connectivity index (χ2n) is 9.37. The molecule has 1 N–H and O–H groups in total. The highest BCUT2D eigenvalue weighted by atomic mass is 19.1. The van der Waals surface area contributed by atoms with Crippen LogP contribution < -0.4 is 10.1 Å². The van der Waals surface area contributed by atoms with E-state index >= 15 is 0 Å². The summed E-state index contributed by atoms with van der Waals surface area (Å²) in [6, 6.07) is 17.8. The number of fused-ring (bicyclic) bond motifs is 2. The average Bonchev–Trinajstić information content (AvgIpc) is 3.17. The molecular formula is C28H28FN3O3. The Balaban J connectivity index is 1.27. The summed E-state index contributed by atoms with van der Waals surface area (Å²) < 4.78 is 18.6. The highest BCUT2D eigenvalue weighted by Gasteiger charge is 2.46. The summed E-state index contributed by atoms with van der Waals surface area (Å²) in [4.78, 5) is 31.8. The molecule has 5 rings (SSSR count). The van der Waals surface area contributed by atoms with Gasteiger partial charge in [-0.25, -0.2) is 9.37 Å². The molecule has 1 atom stereocenters. The number of pyridine rings is 1. The molecule has 0 bridgehead atoms. The second kappa shape index (κ2) is 9.49. The molecule has 1 spiro atoms. The van der Waals surface area contributed by atoms with Crippen molar-refractivity contribution < 1.29 is 18.7 Å². The van der Waals surface area contributed by atoms with Crippen molar-refractivity contribution in [3.8, 4) is 5.88 Å². The van der Waals surface area contributed by atoms with Crippen LogP contribution in [-0.4, -0.2) is 41.9 Å². The van der Waals surface area contributed by atoms with Crippen LogP contribution in [0.5, 0.6) is 5.88 Å². The smallest absolute Gasteiger partial charge is 0.253 e. The van der Waals surface area contributed by atoms with Gasteiger partial charge in [0.2, 0.25) is 11.8 Å². The minimum Gasteiger partial charge on any atom is -0.481 e. The van der Waals surface area contributed by atoms with Gasteiger partial charge in [-0.3, -0.25) is 9.59 Å². The number of methoxy groups -OCH3 is 1. The quantitative estimate of drug-likeness (QED) is 0.603. The van der Waals surface area contributed by atoms with Crippen molar-refractivity contribution in [2.45, 2.75) is 37.1 Å². The predicted octanol–water partition coefficient (Wildman–Crippen LogP) is 4.21. The SMILES string of the molecule is COc1ccc(C(=O)NC2CC3(CCN(C(=O)Cc4cccc(F)c4)CC3)c3ccccc32)cn1. The van der Waals surface area contributed by atoms with Gasteiger partial charge in [-0.05, 0) is 54.2 Å². The van der Waals surface area contributed by atoms with Crippen LogP contribution in [-0.2, 0) is 16.6 Å². The molecule has 7 heteroatoms. The lowest BCUT2D eigenvalue weighted by Gasteiger charge is -2.40. The first-order valence-electron chi connectivity index (χ1n) is 11.9. The van der Waals surface area contributed by atoms with Gasteiger partial charge < -0.3 is 15.0 Å².